The summed E-state index contributed by atoms with van der Waals surface area (Å²) < 4.78 is 26.2. The molecule has 32 heavy (non-hydrogen) atoms. The van der Waals surface area contributed by atoms with E-state index >= 15 is 0 Å². The van der Waals surface area contributed by atoms with Gasteiger partial charge in [-0.2, -0.15) is 0 Å². The van der Waals surface area contributed by atoms with Crippen molar-refractivity contribution >= 4 is 11.8 Å². The molecule has 182 valence electrons. The number of amides is 2. The number of hydrogen-bond donors (Lipinski definition) is 3. The van der Waals surface area contributed by atoms with E-state index in [0.29, 0.717) is 78.8 Å². The number of methoxy groups -OCH3 is 1. The van der Waals surface area contributed by atoms with E-state index in [1.165, 1.54) is 7.11 Å². The Bertz CT molecular complexity index is 612. The summed E-state index contributed by atoms with van der Waals surface area (Å²) in [6.07, 6.45) is 1.01. The highest BCUT2D eigenvalue weighted by Crippen LogP contribution is 2.09. The second-order valence-corrected chi connectivity index (χ2v) is 6.75. The van der Waals surface area contributed by atoms with Gasteiger partial charge in [-0.1, -0.05) is 12.1 Å². The van der Waals surface area contributed by atoms with Crippen LogP contribution in [0, 0.1) is 0 Å². The van der Waals surface area contributed by atoms with Gasteiger partial charge in [-0.3, -0.25) is 9.59 Å². The largest absolute Gasteiger partial charge is 0.508 e. The van der Waals surface area contributed by atoms with Gasteiger partial charge < -0.3 is 39.4 Å². The fraction of sp³-hybridized carbons (Fsp3) is 0.636. The van der Waals surface area contributed by atoms with Crippen molar-refractivity contribution in [2.75, 3.05) is 79.7 Å². The Kier molecular flexibility index (Phi) is 16.9. The van der Waals surface area contributed by atoms with E-state index in [-0.39, 0.29) is 24.2 Å². The summed E-state index contributed by atoms with van der Waals surface area (Å²) in [5.74, 6) is 0.00599. The molecule has 0 fully saturated rings. The highest BCUT2D eigenvalue weighted by atomic mass is 16.6. The lowest BCUT2D eigenvalue weighted by Gasteiger charge is -2.08. The average Bonchev–Trinajstić information content (AvgIpc) is 2.78. The van der Waals surface area contributed by atoms with Gasteiger partial charge in [-0.15, -0.1) is 0 Å². The molecule has 0 atom stereocenters. The van der Waals surface area contributed by atoms with Crippen LogP contribution in [0.4, 0.5) is 0 Å². The molecule has 1 rings (SSSR count). The Balaban J connectivity index is 1.78. The summed E-state index contributed by atoms with van der Waals surface area (Å²) in [6.45, 7) is 4.45. The smallest absolute Gasteiger partial charge is 0.246 e. The van der Waals surface area contributed by atoms with Crippen molar-refractivity contribution in [2.45, 2.75) is 12.8 Å². The van der Waals surface area contributed by atoms with Gasteiger partial charge in [0.25, 0.3) is 0 Å². The zero-order valence-electron chi connectivity index (χ0n) is 18.8. The molecule has 1 aromatic carbocycles. The first kappa shape index (κ1) is 27.8. The van der Waals surface area contributed by atoms with Crippen LogP contribution in [0.15, 0.2) is 24.3 Å². The molecule has 1 aromatic rings. The highest BCUT2D eigenvalue weighted by Gasteiger charge is 2.02. The van der Waals surface area contributed by atoms with E-state index in [0.717, 1.165) is 5.56 Å². The number of phenolic OH excluding ortho intramolecular Hbond substituents is 1. The monoisotopic (exact) mass is 456 g/mol. The number of hydrogen-bond acceptors (Lipinski definition) is 8. The maximum atomic E-state index is 11.7. The Morgan fingerprint density at radius 1 is 0.750 bits per heavy atom. The molecule has 0 heterocycles. The number of benzene rings is 1. The molecule has 0 aliphatic heterocycles. The zero-order valence-corrected chi connectivity index (χ0v) is 18.8. The SMILES string of the molecule is COCC(=O)NCCOCCOCCOCCOCCC(=O)NCCc1ccc(O)cc1. The minimum Gasteiger partial charge on any atom is -0.508 e. The summed E-state index contributed by atoms with van der Waals surface area (Å²) in [7, 11) is 1.47. The van der Waals surface area contributed by atoms with Crippen molar-refractivity contribution < 1.29 is 38.4 Å². The maximum absolute atomic E-state index is 11.7. The van der Waals surface area contributed by atoms with E-state index in [1.807, 2.05) is 12.1 Å². The molecule has 0 aliphatic carbocycles. The third-order valence-electron chi connectivity index (χ3n) is 4.11. The molecule has 0 saturated heterocycles. The number of nitrogens with one attached hydrogen (secondary N) is 2. The number of aromatic hydroxyl groups is 1. The number of phenols is 1. The minimum absolute atomic E-state index is 0.0481. The van der Waals surface area contributed by atoms with Crippen molar-refractivity contribution in [1.29, 1.82) is 0 Å². The molecule has 0 unspecified atom stereocenters. The number of carbonyl (C=O) groups excluding carboxylic acids is 2. The fourth-order valence-corrected chi connectivity index (χ4v) is 2.47. The van der Waals surface area contributed by atoms with Crippen LogP contribution in [-0.4, -0.2) is 96.6 Å². The normalized spacial score (nSPS) is 10.8. The first-order valence-electron chi connectivity index (χ1n) is 10.7. The Labute approximate surface area is 189 Å². The van der Waals surface area contributed by atoms with Gasteiger partial charge in [0.15, 0.2) is 0 Å². The van der Waals surface area contributed by atoms with Gasteiger partial charge in [-0.25, -0.2) is 0 Å². The van der Waals surface area contributed by atoms with Crippen LogP contribution in [0.5, 0.6) is 5.75 Å². The Morgan fingerprint density at radius 2 is 1.28 bits per heavy atom. The van der Waals surface area contributed by atoms with Crippen molar-refractivity contribution in [1.82, 2.24) is 10.6 Å². The number of ether oxygens (including phenoxy) is 5. The second-order valence-electron chi connectivity index (χ2n) is 6.75. The van der Waals surface area contributed by atoms with E-state index in [4.69, 9.17) is 23.7 Å². The molecule has 0 saturated carbocycles. The van der Waals surface area contributed by atoms with Crippen molar-refractivity contribution in [2.24, 2.45) is 0 Å². The fourth-order valence-electron chi connectivity index (χ4n) is 2.47. The van der Waals surface area contributed by atoms with Crippen LogP contribution in [0.2, 0.25) is 0 Å². The van der Waals surface area contributed by atoms with Crippen molar-refractivity contribution in [3.8, 4) is 5.75 Å². The molecule has 0 radical (unpaired) electrons. The lowest BCUT2D eigenvalue weighted by molar-refractivity contribution is -0.125. The van der Waals surface area contributed by atoms with Crippen molar-refractivity contribution in [3.63, 3.8) is 0 Å². The molecule has 3 N–H and O–H groups in total. The van der Waals surface area contributed by atoms with Gasteiger partial charge >= 0.3 is 0 Å². The first-order valence-corrected chi connectivity index (χ1v) is 10.7. The Hall–Kier alpha value is -2.24. The van der Waals surface area contributed by atoms with Crippen LogP contribution < -0.4 is 10.6 Å². The van der Waals surface area contributed by atoms with Gasteiger partial charge in [0, 0.05) is 26.6 Å². The molecule has 0 aromatic heterocycles. The van der Waals surface area contributed by atoms with E-state index in [2.05, 4.69) is 10.6 Å². The molecule has 10 nitrogen and oxygen atoms in total. The average molecular weight is 457 g/mol. The molecule has 0 spiro atoms. The minimum atomic E-state index is -0.168. The van der Waals surface area contributed by atoms with Crippen LogP contribution in [-0.2, 0) is 39.7 Å². The third-order valence-corrected chi connectivity index (χ3v) is 4.11. The zero-order chi connectivity index (χ0) is 23.3. The number of carbonyl (C=O) groups is 2. The van der Waals surface area contributed by atoms with Crippen molar-refractivity contribution in [3.05, 3.63) is 29.8 Å². The summed E-state index contributed by atoms with van der Waals surface area (Å²) in [4.78, 5) is 22.9. The van der Waals surface area contributed by atoms with Gasteiger partial charge in [0.1, 0.15) is 12.4 Å². The van der Waals surface area contributed by atoms with Crippen LogP contribution in [0.3, 0.4) is 0 Å². The van der Waals surface area contributed by atoms with Crippen LogP contribution >= 0.6 is 0 Å². The third kappa shape index (κ3) is 16.5. The lowest BCUT2D eigenvalue weighted by Crippen LogP contribution is -2.30. The summed E-state index contributed by atoms with van der Waals surface area (Å²) >= 11 is 0. The predicted molar refractivity (Wildman–Crippen MR) is 118 cm³/mol. The van der Waals surface area contributed by atoms with Gasteiger partial charge in [-0.05, 0) is 24.1 Å². The van der Waals surface area contributed by atoms with E-state index in [9.17, 15) is 14.7 Å². The quantitative estimate of drug-likeness (QED) is 0.239. The van der Waals surface area contributed by atoms with Gasteiger partial charge in [0.2, 0.25) is 11.8 Å². The maximum Gasteiger partial charge on any atom is 0.246 e. The summed E-state index contributed by atoms with van der Waals surface area (Å²) in [5.41, 5.74) is 1.05. The molecule has 0 bridgehead atoms. The lowest BCUT2D eigenvalue weighted by atomic mass is 10.1. The first-order chi connectivity index (χ1) is 15.6. The number of rotatable bonds is 20. The van der Waals surface area contributed by atoms with Crippen LogP contribution in [0.25, 0.3) is 0 Å². The molecule has 0 aliphatic rings. The standard InChI is InChI=1S/C22H36N2O8/c1-28-18-22(27)24-9-11-30-13-15-32-17-16-31-14-12-29-10-7-21(26)23-8-6-19-2-4-20(25)5-3-19/h2-5,25H,6-18H2,1H3,(H,23,26)(H,24,27). The predicted octanol–water partition coefficient (Wildman–Crippen LogP) is 0.270. The molecule has 2 amide bonds. The topological polar surface area (TPSA) is 125 Å². The van der Waals surface area contributed by atoms with E-state index in [1.54, 1.807) is 12.1 Å². The van der Waals surface area contributed by atoms with Crippen LogP contribution in [0.1, 0.15) is 12.0 Å². The summed E-state index contributed by atoms with van der Waals surface area (Å²) in [6, 6.07) is 6.92. The van der Waals surface area contributed by atoms with E-state index < -0.39 is 0 Å². The Morgan fingerprint density at radius 3 is 1.88 bits per heavy atom. The second kappa shape index (κ2) is 19.4. The van der Waals surface area contributed by atoms with Gasteiger partial charge in [0.05, 0.1) is 52.9 Å². The highest BCUT2D eigenvalue weighted by molar-refractivity contribution is 5.77. The molecular formula is C22H36N2O8. The molecule has 10 heteroatoms. The summed E-state index contributed by atoms with van der Waals surface area (Å²) in [5, 5.41) is 14.7. The molecular weight excluding hydrogens is 420 g/mol.